The number of pyridine rings is 1. The third-order valence-corrected chi connectivity index (χ3v) is 6.92. The summed E-state index contributed by atoms with van der Waals surface area (Å²) >= 11 is 12.7. The minimum absolute atomic E-state index is 0.270. The minimum Gasteiger partial charge on any atom is -0.492 e. The van der Waals surface area contributed by atoms with Crippen LogP contribution in [0.25, 0.3) is 10.9 Å². The van der Waals surface area contributed by atoms with Gasteiger partial charge in [-0.1, -0.05) is 36.2 Å². The fraction of sp³-hybridized carbons (Fsp3) is 0.360. The molecule has 7 nitrogen and oxygen atoms in total. The summed E-state index contributed by atoms with van der Waals surface area (Å²) in [6.07, 6.45) is 2.53. The molecule has 180 valence electrons. The molecule has 0 spiro atoms. The molecule has 2 heterocycles. The summed E-state index contributed by atoms with van der Waals surface area (Å²) in [4.78, 5) is 21.6. The summed E-state index contributed by atoms with van der Waals surface area (Å²) in [6, 6.07) is 9.25. The topological polar surface area (TPSA) is 83.7 Å². The van der Waals surface area contributed by atoms with Crippen molar-refractivity contribution in [1.82, 2.24) is 9.88 Å². The predicted octanol–water partition coefficient (Wildman–Crippen LogP) is 5.31. The van der Waals surface area contributed by atoms with Gasteiger partial charge < -0.3 is 25.6 Å². The first-order valence-electron chi connectivity index (χ1n) is 11.5. The van der Waals surface area contributed by atoms with Crippen LogP contribution in [-0.4, -0.2) is 55.1 Å². The van der Waals surface area contributed by atoms with Gasteiger partial charge in [-0.3, -0.25) is 9.78 Å². The summed E-state index contributed by atoms with van der Waals surface area (Å²) in [7, 11) is 0. The smallest absolute Gasteiger partial charge is 0.252 e. The van der Waals surface area contributed by atoms with E-state index in [1.807, 2.05) is 19.1 Å². The number of primary amides is 1. The van der Waals surface area contributed by atoms with E-state index in [0.717, 1.165) is 56.0 Å². The van der Waals surface area contributed by atoms with Gasteiger partial charge in [0.15, 0.2) is 0 Å². The van der Waals surface area contributed by atoms with Crippen LogP contribution in [0.2, 0.25) is 10.0 Å². The highest BCUT2D eigenvalue weighted by molar-refractivity contribution is 6.43. The van der Waals surface area contributed by atoms with E-state index in [1.54, 1.807) is 18.2 Å². The zero-order chi connectivity index (χ0) is 24.2. The van der Waals surface area contributed by atoms with Crippen molar-refractivity contribution in [3.63, 3.8) is 0 Å². The number of carbonyl (C=O) groups excluding carboxylic acids is 1. The summed E-state index contributed by atoms with van der Waals surface area (Å²) in [6.45, 7) is 9.56. The van der Waals surface area contributed by atoms with E-state index in [-0.39, 0.29) is 5.56 Å². The van der Waals surface area contributed by atoms with Crippen molar-refractivity contribution in [2.24, 2.45) is 5.73 Å². The van der Waals surface area contributed by atoms with Crippen molar-refractivity contribution < 1.29 is 9.53 Å². The van der Waals surface area contributed by atoms with E-state index < -0.39 is 5.91 Å². The van der Waals surface area contributed by atoms with Crippen LogP contribution in [0.15, 0.2) is 36.5 Å². The van der Waals surface area contributed by atoms with Crippen molar-refractivity contribution in [3.05, 3.63) is 52.1 Å². The number of ether oxygens (including phenoxy) is 1. The molecular weight excluding hydrogens is 473 g/mol. The molecule has 1 amide bonds. The molecule has 4 rings (SSSR count). The molecule has 0 aliphatic carbocycles. The normalized spacial score (nSPS) is 14.8. The average molecular weight is 502 g/mol. The lowest BCUT2D eigenvalue weighted by atomic mass is 10.1. The van der Waals surface area contributed by atoms with Gasteiger partial charge in [0.25, 0.3) is 5.91 Å². The third kappa shape index (κ3) is 5.02. The van der Waals surface area contributed by atoms with Crippen LogP contribution in [0, 0.1) is 0 Å². The molecule has 34 heavy (non-hydrogen) atoms. The highest BCUT2D eigenvalue weighted by atomic mass is 35.5. The lowest BCUT2D eigenvalue weighted by Crippen LogP contribution is -2.30. The summed E-state index contributed by atoms with van der Waals surface area (Å²) in [5.74, 6) is 0.185. The molecule has 1 aliphatic heterocycles. The first kappa shape index (κ1) is 24.4. The Morgan fingerprint density at radius 1 is 1.18 bits per heavy atom. The van der Waals surface area contributed by atoms with Crippen molar-refractivity contribution >= 4 is 57.1 Å². The Kier molecular flexibility index (Phi) is 7.66. The van der Waals surface area contributed by atoms with Gasteiger partial charge in [-0.2, -0.15) is 0 Å². The maximum Gasteiger partial charge on any atom is 0.252 e. The van der Waals surface area contributed by atoms with E-state index in [2.05, 4.69) is 27.0 Å². The Bertz CT molecular complexity index is 1200. The minimum atomic E-state index is -0.584. The Balaban J connectivity index is 1.87. The van der Waals surface area contributed by atoms with Crippen molar-refractivity contribution in [2.75, 3.05) is 49.5 Å². The van der Waals surface area contributed by atoms with Gasteiger partial charge in [-0.25, -0.2) is 0 Å². The number of nitrogens with zero attached hydrogens (tertiary/aromatic N) is 3. The van der Waals surface area contributed by atoms with Crippen LogP contribution in [0.1, 0.15) is 30.6 Å². The Morgan fingerprint density at radius 3 is 2.74 bits per heavy atom. The van der Waals surface area contributed by atoms with Crippen molar-refractivity contribution in [3.8, 4) is 5.75 Å². The number of hydrogen-bond acceptors (Lipinski definition) is 6. The lowest BCUT2D eigenvalue weighted by Gasteiger charge is -2.26. The summed E-state index contributed by atoms with van der Waals surface area (Å²) in [5.41, 5.74) is 8.75. The number of anilines is 3. The molecule has 1 aromatic heterocycles. The highest BCUT2D eigenvalue weighted by Gasteiger charge is 2.22. The SMILES string of the molecule is CCOc1cc2ncc(C(N)=O)c(Nc3cccc(Cl)c3Cl)c2cc1N1CCCN(CC)CC1. The Labute approximate surface area is 209 Å². The lowest BCUT2D eigenvalue weighted by molar-refractivity contribution is 0.100. The number of hydrogen-bond donors (Lipinski definition) is 2. The summed E-state index contributed by atoms with van der Waals surface area (Å²) in [5, 5.41) is 4.82. The molecule has 1 saturated heterocycles. The molecule has 3 aromatic rings. The number of carbonyl (C=O) groups is 1. The number of fused-ring (bicyclic) bond motifs is 1. The zero-order valence-corrected chi connectivity index (χ0v) is 20.9. The molecule has 1 aliphatic rings. The second-order valence-electron chi connectivity index (χ2n) is 8.18. The molecule has 3 N–H and O–H groups in total. The number of amides is 1. The van der Waals surface area contributed by atoms with Gasteiger partial charge in [0.05, 0.1) is 44.8 Å². The van der Waals surface area contributed by atoms with Crippen molar-refractivity contribution in [1.29, 1.82) is 0 Å². The Morgan fingerprint density at radius 2 is 2.00 bits per heavy atom. The van der Waals surface area contributed by atoms with Crippen LogP contribution < -0.4 is 20.7 Å². The fourth-order valence-corrected chi connectivity index (χ4v) is 4.66. The Hall–Kier alpha value is -2.74. The maximum atomic E-state index is 12.3. The second kappa shape index (κ2) is 10.7. The van der Waals surface area contributed by atoms with Gasteiger partial charge in [0.1, 0.15) is 5.75 Å². The number of aromatic nitrogens is 1. The van der Waals surface area contributed by atoms with Crippen LogP contribution in [0.5, 0.6) is 5.75 Å². The van der Waals surface area contributed by atoms with E-state index in [1.165, 1.54) is 6.20 Å². The van der Waals surface area contributed by atoms with Crippen LogP contribution in [0.3, 0.4) is 0 Å². The number of benzene rings is 2. The second-order valence-corrected chi connectivity index (χ2v) is 8.97. The molecule has 0 saturated carbocycles. The van der Waals surface area contributed by atoms with E-state index in [4.69, 9.17) is 33.7 Å². The number of nitrogens with one attached hydrogen (secondary N) is 1. The molecule has 9 heteroatoms. The molecule has 2 aromatic carbocycles. The fourth-order valence-electron chi connectivity index (χ4n) is 4.31. The van der Waals surface area contributed by atoms with Gasteiger partial charge in [0, 0.05) is 37.3 Å². The van der Waals surface area contributed by atoms with Gasteiger partial charge in [-0.15, -0.1) is 0 Å². The standard InChI is InChI=1S/C25H29Cl2N5O2/c1-3-31-9-6-10-32(12-11-31)21-13-16-20(14-22(21)34-4-2)29-15-17(25(28)33)24(16)30-19-8-5-7-18(26)23(19)27/h5,7-8,13-15H,3-4,6,9-12H2,1-2H3,(H2,28,33)(H,29,30). The summed E-state index contributed by atoms with van der Waals surface area (Å²) < 4.78 is 6.02. The van der Waals surface area contributed by atoms with E-state index in [0.29, 0.717) is 33.5 Å². The molecule has 1 fully saturated rings. The quantitative estimate of drug-likeness (QED) is 0.456. The molecular formula is C25H29Cl2N5O2. The molecule has 0 bridgehead atoms. The van der Waals surface area contributed by atoms with Gasteiger partial charge in [0.2, 0.25) is 0 Å². The highest BCUT2D eigenvalue weighted by Crippen LogP contribution is 2.40. The maximum absolute atomic E-state index is 12.3. The number of rotatable bonds is 7. The van der Waals surface area contributed by atoms with Gasteiger partial charge in [-0.05, 0) is 44.6 Å². The van der Waals surface area contributed by atoms with E-state index in [9.17, 15) is 4.79 Å². The van der Waals surface area contributed by atoms with Crippen LogP contribution in [0.4, 0.5) is 17.1 Å². The van der Waals surface area contributed by atoms with Crippen LogP contribution >= 0.6 is 23.2 Å². The average Bonchev–Trinajstić information content (AvgIpc) is 3.07. The molecule has 0 unspecified atom stereocenters. The zero-order valence-electron chi connectivity index (χ0n) is 19.4. The predicted molar refractivity (Wildman–Crippen MR) is 140 cm³/mol. The molecule has 0 atom stereocenters. The van der Waals surface area contributed by atoms with Crippen molar-refractivity contribution in [2.45, 2.75) is 20.3 Å². The van der Waals surface area contributed by atoms with E-state index >= 15 is 0 Å². The number of halogens is 2. The van der Waals surface area contributed by atoms with Gasteiger partial charge >= 0.3 is 0 Å². The first-order chi connectivity index (χ1) is 16.4. The molecule has 0 radical (unpaired) electrons. The third-order valence-electron chi connectivity index (χ3n) is 6.10. The monoisotopic (exact) mass is 501 g/mol. The number of likely N-dealkylation sites (N-methyl/N-ethyl adjacent to an activating group) is 1. The largest absolute Gasteiger partial charge is 0.492 e. The van der Waals surface area contributed by atoms with Crippen LogP contribution in [-0.2, 0) is 0 Å². The number of nitrogens with two attached hydrogens (primary N) is 1. The first-order valence-corrected chi connectivity index (χ1v) is 12.3.